The second-order valence-electron chi connectivity index (χ2n) is 3.49. The lowest BCUT2D eigenvalue weighted by atomic mass is 10.4. The van der Waals surface area contributed by atoms with E-state index in [2.05, 4.69) is 14.9 Å². The number of aromatic nitrogens is 2. The monoisotopic (exact) mass is 259 g/mol. The van der Waals surface area contributed by atoms with Gasteiger partial charge in [-0.15, -0.1) is 0 Å². The summed E-state index contributed by atoms with van der Waals surface area (Å²) in [5.41, 5.74) is 0. The summed E-state index contributed by atoms with van der Waals surface area (Å²) in [6.07, 6.45) is 3.26. The maximum Gasteiger partial charge on any atom is 0.187 e. The Morgan fingerprint density at radius 2 is 2.00 bits per heavy atom. The number of thioether (sulfide) groups is 1. The maximum atomic E-state index is 5.71. The van der Waals surface area contributed by atoms with E-state index in [9.17, 15) is 0 Å². The highest BCUT2D eigenvalue weighted by Gasteiger charge is 2.09. The summed E-state index contributed by atoms with van der Waals surface area (Å²) in [6, 6.07) is 0. The van der Waals surface area contributed by atoms with Crippen molar-refractivity contribution in [2.75, 3.05) is 38.6 Å². The van der Waals surface area contributed by atoms with E-state index in [0.29, 0.717) is 5.02 Å². The van der Waals surface area contributed by atoms with Crippen LogP contribution in [-0.2, 0) is 4.74 Å². The molecule has 0 spiro atoms. The summed E-state index contributed by atoms with van der Waals surface area (Å²) < 4.78 is 5.29. The van der Waals surface area contributed by atoms with Crippen LogP contribution in [0.4, 0.5) is 0 Å². The summed E-state index contributed by atoms with van der Waals surface area (Å²) >= 11 is 7.37. The molecule has 16 heavy (non-hydrogen) atoms. The Balaban J connectivity index is 1.69. The van der Waals surface area contributed by atoms with E-state index in [1.165, 1.54) is 0 Å². The minimum Gasteiger partial charge on any atom is -0.379 e. The van der Waals surface area contributed by atoms with Gasteiger partial charge in [-0.25, -0.2) is 9.97 Å². The first-order chi connectivity index (χ1) is 7.84. The van der Waals surface area contributed by atoms with Crippen LogP contribution in [0.25, 0.3) is 0 Å². The number of rotatable bonds is 4. The van der Waals surface area contributed by atoms with Crippen molar-refractivity contribution < 1.29 is 4.74 Å². The molecule has 0 aliphatic carbocycles. The molecule has 0 aromatic carbocycles. The Labute approximate surface area is 104 Å². The van der Waals surface area contributed by atoms with E-state index in [4.69, 9.17) is 16.3 Å². The van der Waals surface area contributed by atoms with Gasteiger partial charge in [-0.1, -0.05) is 23.4 Å². The van der Waals surface area contributed by atoms with E-state index in [1.54, 1.807) is 24.2 Å². The molecule has 1 aliphatic rings. The molecule has 1 aromatic heterocycles. The van der Waals surface area contributed by atoms with Crippen LogP contribution >= 0.6 is 23.4 Å². The van der Waals surface area contributed by atoms with Gasteiger partial charge in [0.15, 0.2) is 5.16 Å². The number of ether oxygens (including phenoxy) is 1. The molecular weight excluding hydrogens is 246 g/mol. The molecule has 4 nitrogen and oxygen atoms in total. The molecule has 0 atom stereocenters. The number of morpholine rings is 1. The van der Waals surface area contributed by atoms with Gasteiger partial charge >= 0.3 is 0 Å². The second kappa shape index (κ2) is 6.39. The first kappa shape index (κ1) is 12.1. The third kappa shape index (κ3) is 3.90. The SMILES string of the molecule is Clc1cnc(SCCN2CCOCC2)nc1. The molecule has 2 heterocycles. The predicted octanol–water partition coefficient (Wildman–Crippen LogP) is 1.55. The summed E-state index contributed by atoms with van der Waals surface area (Å²) in [7, 11) is 0. The summed E-state index contributed by atoms with van der Waals surface area (Å²) in [5.74, 6) is 1.00. The zero-order valence-corrected chi connectivity index (χ0v) is 10.5. The topological polar surface area (TPSA) is 38.2 Å². The van der Waals surface area contributed by atoms with Crippen molar-refractivity contribution in [1.82, 2.24) is 14.9 Å². The second-order valence-corrected chi connectivity index (χ2v) is 4.98. The fourth-order valence-electron chi connectivity index (χ4n) is 1.47. The standard InChI is InChI=1S/C10H14ClN3OS/c11-9-7-12-10(13-8-9)16-6-3-14-1-4-15-5-2-14/h7-8H,1-6H2. The molecule has 0 radical (unpaired) electrons. The van der Waals surface area contributed by atoms with Crippen LogP contribution in [0, 0.1) is 0 Å². The van der Waals surface area contributed by atoms with Crippen LogP contribution in [0.15, 0.2) is 17.6 Å². The zero-order valence-electron chi connectivity index (χ0n) is 8.93. The minimum atomic E-state index is 0.581. The number of nitrogens with zero attached hydrogens (tertiary/aromatic N) is 3. The van der Waals surface area contributed by atoms with Crippen LogP contribution in [0.2, 0.25) is 5.02 Å². The van der Waals surface area contributed by atoms with Crippen molar-refractivity contribution in [2.24, 2.45) is 0 Å². The Morgan fingerprint density at radius 1 is 1.31 bits per heavy atom. The Morgan fingerprint density at radius 3 is 2.69 bits per heavy atom. The molecule has 1 saturated heterocycles. The minimum absolute atomic E-state index is 0.581. The Hall–Kier alpha value is -0.360. The summed E-state index contributed by atoms with van der Waals surface area (Å²) in [5, 5.41) is 1.37. The molecule has 2 rings (SSSR count). The number of hydrogen-bond acceptors (Lipinski definition) is 5. The van der Waals surface area contributed by atoms with Crippen LogP contribution in [0.1, 0.15) is 0 Å². The van der Waals surface area contributed by atoms with Gasteiger partial charge in [0.1, 0.15) is 0 Å². The van der Waals surface area contributed by atoms with Crippen molar-refractivity contribution >= 4 is 23.4 Å². The smallest absolute Gasteiger partial charge is 0.187 e. The van der Waals surface area contributed by atoms with E-state index in [1.807, 2.05) is 0 Å². The fourth-order valence-corrected chi connectivity index (χ4v) is 2.35. The van der Waals surface area contributed by atoms with E-state index < -0.39 is 0 Å². The highest BCUT2D eigenvalue weighted by Crippen LogP contribution is 2.14. The van der Waals surface area contributed by atoms with Gasteiger partial charge in [0, 0.05) is 25.4 Å². The highest BCUT2D eigenvalue weighted by atomic mass is 35.5. The van der Waals surface area contributed by atoms with Crippen LogP contribution < -0.4 is 0 Å². The van der Waals surface area contributed by atoms with Crippen molar-refractivity contribution in [3.63, 3.8) is 0 Å². The lowest BCUT2D eigenvalue weighted by Gasteiger charge is -2.26. The Kier molecular flexibility index (Phi) is 4.84. The van der Waals surface area contributed by atoms with E-state index >= 15 is 0 Å². The largest absolute Gasteiger partial charge is 0.379 e. The fraction of sp³-hybridized carbons (Fsp3) is 0.600. The van der Waals surface area contributed by atoms with E-state index in [-0.39, 0.29) is 0 Å². The third-order valence-electron chi connectivity index (χ3n) is 2.34. The van der Waals surface area contributed by atoms with Crippen LogP contribution in [-0.4, -0.2) is 53.5 Å². The lowest BCUT2D eigenvalue weighted by molar-refractivity contribution is 0.0410. The van der Waals surface area contributed by atoms with Crippen molar-refractivity contribution in [3.05, 3.63) is 17.4 Å². The first-order valence-corrected chi connectivity index (χ1v) is 6.61. The van der Waals surface area contributed by atoms with Gasteiger partial charge < -0.3 is 4.74 Å². The first-order valence-electron chi connectivity index (χ1n) is 5.25. The van der Waals surface area contributed by atoms with Gasteiger partial charge in [-0.05, 0) is 0 Å². The van der Waals surface area contributed by atoms with Gasteiger partial charge in [0.25, 0.3) is 0 Å². The lowest BCUT2D eigenvalue weighted by Crippen LogP contribution is -2.37. The molecule has 6 heteroatoms. The summed E-state index contributed by atoms with van der Waals surface area (Å²) in [4.78, 5) is 10.7. The molecule has 0 amide bonds. The summed E-state index contributed by atoms with van der Waals surface area (Å²) in [6.45, 7) is 4.81. The number of hydrogen-bond donors (Lipinski definition) is 0. The van der Waals surface area contributed by atoms with Gasteiger partial charge in [-0.2, -0.15) is 0 Å². The van der Waals surface area contributed by atoms with E-state index in [0.717, 1.165) is 43.8 Å². The van der Waals surface area contributed by atoms with Gasteiger partial charge in [0.2, 0.25) is 0 Å². The average molecular weight is 260 g/mol. The van der Waals surface area contributed by atoms with Gasteiger partial charge in [-0.3, -0.25) is 4.90 Å². The highest BCUT2D eigenvalue weighted by molar-refractivity contribution is 7.99. The molecule has 1 aromatic rings. The average Bonchev–Trinajstić information content (AvgIpc) is 2.33. The van der Waals surface area contributed by atoms with Crippen LogP contribution in [0.5, 0.6) is 0 Å². The molecule has 0 N–H and O–H groups in total. The number of halogens is 1. The molecule has 0 saturated carbocycles. The van der Waals surface area contributed by atoms with Gasteiger partial charge in [0.05, 0.1) is 30.6 Å². The molecule has 88 valence electrons. The molecule has 1 aliphatic heterocycles. The predicted molar refractivity (Wildman–Crippen MR) is 65.0 cm³/mol. The maximum absolute atomic E-state index is 5.71. The van der Waals surface area contributed by atoms with Crippen molar-refractivity contribution in [1.29, 1.82) is 0 Å². The zero-order chi connectivity index (χ0) is 11.2. The third-order valence-corrected chi connectivity index (χ3v) is 3.39. The van der Waals surface area contributed by atoms with Crippen molar-refractivity contribution in [3.8, 4) is 0 Å². The molecule has 0 bridgehead atoms. The quantitative estimate of drug-likeness (QED) is 0.606. The normalized spacial score (nSPS) is 17.6. The van der Waals surface area contributed by atoms with Crippen molar-refractivity contribution in [2.45, 2.75) is 5.16 Å². The molecule has 1 fully saturated rings. The molecular formula is C10H14ClN3OS. The Bertz CT molecular complexity index is 316. The van der Waals surface area contributed by atoms with Crippen LogP contribution in [0.3, 0.4) is 0 Å². The molecule has 0 unspecified atom stereocenters.